The third-order valence-corrected chi connectivity index (χ3v) is 4.73. The van der Waals surface area contributed by atoms with Crippen LogP contribution < -0.4 is 16.0 Å². The van der Waals surface area contributed by atoms with E-state index < -0.39 is 0 Å². The Morgan fingerprint density at radius 2 is 1.84 bits per heavy atom. The molecule has 7 heteroatoms. The molecule has 0 heterocycles. The van der Waals surface area contributed by atoms with Crippen LogP contribution in [0.1, 0.15) is 32.8 Å². The molecule has 0 bridgehead atoms. The van der Waals surface area contributed by atoms with Crippen LogP contribution >= 0.6 is 35.7 Å². The smallest absolute Gasteiger partial charge is 0.222 e. The second kappa shape index (κ2) is 13.3. The molecule has 5 nitrogen and oxygen atoms in total. The third-order valence-electron chi connectivity index (χ3n) is 3.49. The Bertz CT molecular complexity index is 523. The van der Waals surface area contributed by atoms with Crippen molar-refractivity contribution in [1.29, 1.82) is 0 Å². The number of hydrogen-bond donors (Lipinski definition) is 3. The van der Waals surface area contributed by atoms with Crippen LogP contribution in [0.15, 0.2) is 35.3 Å². The number of thioether (sulfide) groups is 1. The topological polar surface area (TPSA) is 65.5 Å². The number of aliphatic imine (C=N–C) groups is 1. The maximum atomic E-state index is 11.9. The summed E-state index contributed by atoms with van der Waals surface area (Å²) in [4.78, 5) is 16.5. The van der Waals surface area contributed by atoms with Crippen molar-refractivity contribution in [2.75, 3.05) is 25.9 Å². The molecule has 1 rings (SSSR count). The van der Waals surface area contributed by atoms with E-state index in [1.165, 1.54) is 0 Å². The lowest BCUT2D eigenvalue weighted by Gasteiger charge is -2.20. The maximum Gasteiger partial charge on any atom is 0.222 e. The van der Waals surface area contributed by atoms with E-state index in [2.05, 4.69) is 41.0 Å². The fourth-order valence-electron chi connectivity index (χ4n) is 1.86. The number of nitrogens with zero attached hydrogens (tertiary/aromatic N) is 1. The van der Waals surface area contributed by atoms with Gasteiger partial charge in [0, 0.05) is 30.8 Å². The average molecular weight is 478 g/mol. The molecular weight excluding hydrogens is 447 g/mol. The first-order valence-corrected chi connectivity index (χ1v) is 9.57. The minimum atomic E-state index is 0. The van der Waals surface area contributed by atoms with E-state index in [0.717, 1.165) is 24.6 Å². The monoisotopic (exact) mass is 478 g/mol. The third kappa shape index (κ3) is 11.3. The van der Waals surface area contributed by atoms with Crippen molar-refractivity contribution in [3.05, 3.63) is 35.9 Å². The van der Waals surface area contributed by atoms with Crippen LogP contribution in [0, 0.1) is 0 Å². The van der Waals surface area contributed by atoms with Gasteiger partial charge in [0.1, 0.15) is 0 Å². The molecule has 0 radical (unpaired) electrons. The molecule has 0 spiro atoms. The molecule has 3 N–H and O–H groups in total. The summed E-state index contributed by atoms with van der Waals surface area (Å²) in [5.74, 6) is 0.794. The molecule has 0 saturated carbocycles. The zero-order valence-electron chi connectivity index (χ0n) is 15.6. The predicted octanol–water partition coefficient (Wildman–Crippen LogP) is 3.01. The Balaban J connectivity index is 0.00000576. The van der Waals surface area contributed by atoms with Gasteiger partial charge in [-0.1, -0.05) is 30.3 Å². The van der Waals surface area contributed by atoms with E-state index >= 15 is 0 Å². The minimum Gasteiger partial charge on any atom is -0.357 e. The molecule has 142 valence electrons. The Labute approximate surface area is 173 Å². The van der Waals surface area contributed by atoms with Gasteiger partial charge in [0.25, 0.3) is 0 Å². The standard InChI is InChI=1S/C18H30N4OS.HI/c1-5-19-17(22-14-18(2,3)24-4)20-12-11-16(23)21-13-15-9-7-6-8-10-15;/h6-10H,5,11-14H2,1-4H3,(H,21,23)(H2,19,20,22);1H. The Morgan fingerprint density at radius 1 is 1.16 bits per heavy atom. The summed E-state index contributed by atoms with van der Waals surface area (Å²) < 4.78 is 0.107. The summed E-state index contributed by atoms with van der Waals surface area (Å²) in [7, 11) is 0. The van der Waals surface area contributed by atoms with Crippen LogP contribution in [0.2, 0.25) is 0 Å². The van der Waals surface area contributed by atoms with Gasteiger partial charge in [0.15, 0.2) is 5.96 Å². The molecule has 0 aromatic heterocycles. The minimum absolute atomic E-state index is 0. The average Bonchev–Trinajstić information content (AvgIpc) is 2.59. The fraction of sp³-hybridized carbons (Fsp3) is 0.556. The molecule has 0 unspecified atom stereocenters. The maximum absolute atomic E-state index is 11.9. The van der Waals surface area contributed by atoms with Crippen molar-refractivity contribution in [1.82, 2.24) is 16.0 Å². The van der Waals surface area contributed by atoms with Gasteiger partial charge >= 0.3 is 0 Å². The molecule has 25 heavy (non-hydrogen) atoms. The van der Waals surface area contributed by atoms with Gasteiger partial charge < -0.3 is 16.0 Å². The molecule has 0 aliphatic heterocycles. The highest BCUT2D eigenvalue weighted by Gasteiger charge is 2.15. The molecule has 0 aliphatic carbocycles. The summed E-state index contributed by atoms with van der Waals surface area (Å²) in [5.41, 5.74) is 1.10. The highest BCUT2D eigenvalue weighted by Crippen LogP contribution is 2.20. The van der Waals surface area contributed by atoms with E-state index in [1.807, 2.05) is 37.3 Å². The van der Waals surface area contributed by atoms with Crippen LogP contribution in [-0.2, 0) is 11.3 Å². The molecule has 0 fully saturated rings. The zero-order valence-corrected chi connectivity index (χ0v) is 18.7. The van der Waals surface area contributed by atoms with E-state index in [0.29, 0.717) is 19.5 Å². The number of hydrogen-bond acceptors (Lipinski definition) is 3. The molecule has 1 amide bonds. The molecule has 0 aliphatic rings. The van der Waals surface area contributed by atoms with Crippen molar-refractivity contribution in [2.24, 2.45) is 4.99 Å². The van der Waals surface area contributed by atoms with Crippen LogP contribution in [-0.4, -0.2) is 42.5 Å². The largest absolute Gasteiger partial charge is 0.357 e. The second-order valence-electron chi connectivity index (χ2n) is 6.10. The van der Waals surface area contributed by atoms with Gasteiger partial charge in [0.05, 0.1) is 6.54 Å². The summed E-state index contributed by atoms with van der Waals surface area (Å²) in [6, 6.07) is 9.91. The number of rotatable bonds is 9. The number of halogens is 1. The summed E-state index contributed by atoms with van der Waals surface area (Å²) in [6.45, 7) is 9.02. The highest BCUT2D eigenvalue weighted by molar-refractivity contribution is 14.0. The number of benzene rings is 1. The van der Waals surface area contributed by atoms with Crippen LogP contribution in [0.25, 0.3) is 0 Å². The lowest BCUT2D eigenvalue weighted by atomic mass is 10.2. The van der Waals surface area contributed by atoms with Crippen molar-refractivity contribution in [2.45, 2.75) is 38.5 Å². The molecule has 1 aromatic carbocycles. The molecule has 0 saturated heterocycles. The Morgan fingerprint density at radius 3 is 2.44 bits per heavy atom. The molecule has 1 aromatic rings. The van der Waals surface area contributed by atoms with Crippen LogP contribution in [0.5, 0.6) is 0 Å². The van der Waals surface area contributed by atoms with E-state index in [4.69, 9.17) is 0 Å². The van der Waals surface area contributed by atoms with Gasteiger partial charge in [-0.05, 0) is 32.6 Å². The number of carbonyl (C=O) groups excluding carboxylic acids is 1. The van der Waals surface area contributed by atoms with Crippen molar-refractivity contribution >= 4 is 47.6 Å². The number of guanidine groups is 1. The number of nitrogens with one attached hydrogen (secondary N) is 3. The fourth-order valence-corrected chi connectivity index (χ4v) is 2.05. The van der Waals surface area contributed by atoms with Gasteiger partial charge in [-0.2, -0.15) is 11.8 Å². The Kier molecular flexibility index (Phi) is 12.8. The lowest BCUT2D eigenvalue weighted by molar-refractivity contribution is -0.121. The van der Waals surface area contributed by atoms with Crippen LogP contribution in [0.3, 0.4) is 0 Å². The Hall–Kier alpha value is -0.960. The van der Waals surface area contributed by atoms with Gasteiger partial charge in [0.2, 0.25) is 5.91 Å². The first-order chi connectivity index (χ1) is 11.5. The van der Waals surface area contributed by atoms with Crippen LogP contribution in [0.4, 0.5) is 0 Å². The van der Waals surface area contributed by atoms with E-state index in [9.17, 15) is 4.79 Å². The van der Waals surface area contributed by atoms with E-state index in [1.54, 1.807) is 11.8 Å². The highest BCUT2D eigenvalue weighted by atomic mass is 127. The van der Waals surface area contributed by atoms with Gasteiger partial charge in [-0.15, -0.1) is 24.0 Å². The summed E-state index contributed by atoms with van der Waals surface area (Å²) in [6.07, 6.45) is 2.51. The van der Waals surface area contributed by atoms with Crippen molar-refractivity contribution < 1.29 is 4.79 Å². The van der Waals surface area contributed by atoms with E-state index in [-0.39, 0.29) is 34.6 Å². The normalized spacial score (nSPS) is 11.4. The summed E-state index contributed by atoms with van der Waals surface area (Å²) in [5, 5.41) is 9.35. The molecular formula is C18H31IN4OS. The number of amides is 1. The first-order valence-electron chi connectivity index (χ1n) is 8.35. The first kappa shape index (κ1) is 24.0. The predicted molar refractivity (Wildman–Crippen MR) is 120 cm³/mol. The number of carbonyl (C=O) groups is 1. The van der Waals surface area contributed by atoms with Crippen molar-refractivity contribution in [3.63, 3.8) is 0 Å². The quantitative estimate of drug-likeness (QED) is 0.290. The second-order valence-corrected chi connectivity index (χ2v) is 7.61. The van der Waals surface area contributed by atoms with Gasteiger partial charge in [-0.25, -0.2) is 0 Å². The lowest BCUT2D eigenvalue weighted by Crippen LogP contribution is -2.40. The zero-order chi connectivity index (χ0) is 17.8. The SMILES string of the molecule is CCNC(=NCC(C)(C)SC)NCCC(=O)NCc1ccccc1.I. The molecule has 0 atom stereocenters. The van der Waals surface area contributed by atoms with Crippen molar-refractivity contribution in [3.8, 4) is 0 Å². The van der Waals surface area contributed by atoms with Gasteiger partial charge in [-0.3, -0.25) is 9.79 Å². The summed E-state index contributed by atoms with van der Waals surface area (Å²) >= 11 is 1.79.